The molecular weight excluding hydrogens is 599 g/mol. The van der Waals surface area contributed by atoms with Crippen molar-refractivity contribution in [1.29, 1.82) is 0 Å². The molecule has 0 amide bonds. The molecule has 0 atom stereocenters. The predicted octanol–water partition coefficient (Wildman–Crippen LogP) is 11.3. The maximum atomic E-state index is 5.42. The fourth-order valence-corrected chi connectivity index (χ4v) is 7.12. The van der Waals surface area contributed by atoms with Crippen molar-refractivity contribution in [3.8, 4) is 33.4 Å². The van der Waals surface area contributed by atoms with Gasteiger partial charge in [0.05, 0.1) is 34.0 Å². The number of hydrogen-bond donors (Lipinski definition) is 2. The van der Waals surface area contributed by atoms with Gasteiger partial charge >= 0.3 is 0 Å². The summed E-state index contributed by atoms with van der Waals surface area (Å²) in [6, 6.07) is 40.5. The lowest BCUT2D eigenvalue weighted by atomic mass is 10.0. The molecule has 3 aromatic carbocycles. The topological polar surface area (TPSA) is 60.6 Å². The van der Waals surface area contributed by atoms with Crippen molar-refractivity contribution in [3.63, 3.8) is 0 Å². The molecule has 0 saturated carbocycles. The summed E-state index contributed by atoms with van der Waals surface area (Å²) in [5, 5.41) is 0. The summed E-state index contributed by atoms with van der Waals surface area (Å²) >= 11 is 0. The minimum atomic E-state index is 0.918. The average molecular weight is 638 g/mol. The van der Waals surface area contributed by atoms with Gasteiger partial charge in [0.2, 0.25) is 0 Å². The van der Waals surface area contributed by atoms with E-state index in [0.717, 1.165) is 110 Å². The lowest BCUT2D eigenvalue weighted by Gasteiger charge is -2.24. The molecule has 3 aromatic heterocycles. The van der Waals surface area contributed by atoms with Gasteiger partial charge in [0.15, 0.2) is 0 Å². The van der Waals surface area contributed by atoms with Crippen LogP contribution in [-0.4, -0.2) is 33.0 Å². The average Bonchev–Trinajstić information content (AvgIpc) is 3.97. The Balaban J connectivity index is 1.56. The number of aromatic nitrogens is 4. The van der Waals surface area contributed by atoms with Gasteiger partial charge in [-0.3, -0.25) is 0 Å². The maximum absolute atomic E-state index is 5.42. The van der Waals surface area contributed by atoms with Gasteiger partial charge in [0.25, 0.3) is 0 Å². The van der Waals surface area contributed by atoms with Crippen LogP contribution in [0, 0.1) is 0 Å². The molecule has 5 heteroatoms. The number of anilines is 1. The van der Waals surface area contributed by atoms with Crippen LogP contribution in [0.25, 0.3) is 79.8 Å². The Morgan fingerprint density at radius 1 is 0.429 bits per heavy atom. The number of benzene rings is 3. The minimum Gasteiger partial charge on any atom is -0.368 e. The lowest BCUT2D eigenvalue weighted by Crippen LogP contribution is -2.25. The van der Waals surface area contributed by atoms with Crippen LogP contribution in [0.4, 0.5) is 5.69 Å². The second-order valence-corrected chi connectivity index (χ2v) is 12.6. The molecule has 2 aliphatic rings. The number of aromatic amines is 2. The molecule has 0 fully saturated rings. The van der Waals surface area contributed by atoms with Crippen LogP contribution in [0.15, 0.2) is 115 Å². The summed E-state index contributed by atoms with van der Waals surface area (Å²) in [4.78, 5) is 21.0. The van der Waals surface area contributed by atoms with Crippen molar-refractivity contribution in [2.24, 2.45) is 0 Å². The SMILES string of the molecule is CCCN(CCC)c1c2nc(c(-c3ccccc3)c3ccc([nH]3)c(-c3ccccc3)c3nc(c(-c4ccccc4)c4ccc1[nH]4)C=C3)C=C2. The van der Waals surface area contributed by atoms with E-state index >= 15 is 0 Å². The second kappa shape index (κ2) is 13.3. The Morgan fingerprint density at radius 2 is 0.776 bits per heavy atom. The minimum absolute atomic E-state index is 0.918. The molecule has 8 rings (SSSR count). The zero-order valence-electron chi connectivity index (χ0n) is 27.9. The molecule has 240 valence electrons. The molecule has 0 unspecified atom stereocenters. The van der Waals surface area contributed by atoms with Crippen LogP contribution in [0.1, 0.15) is 49.5 Å². The summed E-state index contributed by atoms with van der Waals surface area (Å²) in [6.07, 6.45) is 10.7. The maximum Gasteiger partial charge on any atom is 0.0892 e. The van der Waals surface area contributed by atoms with Crippen LogP contribution in [-0.2, 0) is 0 Å². The molecule has 6 aromatic rings. The molecular formula is C44H39N5. The highest BCUT2D eigenvalue weighted by atomic mass is 15.1. The van der Waals surface area contributed by atoms with Crippen LogP contribution in [0.2, 0.25) is 0 Å². The fraction of sp³-hybridized carbons (Fsp3) is 0.136. The van der Waals surface area contributed by atoms with Crippen molar-refractivity contribution >= 4 is 52.1 Å². The zero-order chi connectivity index (χ0) is 33.2. The molecule has 0 aliphatic carbocycles. The van der Waals surface area contributed by atoms with Gasteiger partial charge in [-0.1, -0.05) is 105 Å². The highest BCUT2D eigenvalue weighted by Crippen LogP contribution is 2.38. The van der Waals surface area contributed by atoms with E-state index in [4.69, 9.17) is 9.97 Å². The van der Waals surface area contributed by atoms with Gasteiger partial charge in [0.1, 0.15) is 0 Å². The van der Waals surface area contributed by atoms with Crippen LogP contribution < -0.4 is 4.90 Å². The summed E-state index contributed by atoms with van der Waals surface area (Å²) in [5.41, 5.74) is 15.5. The van der Waals surface area contributed by atoms with E-state index in [1.165, 1.54) is 0 Å². The standard InChI is InChI=1S/C44H39N5/c1-3-28-49(29-4-2)44-39-26-24-37(47-39)42(31-16-10-6-11-17-31)35-22-20-33(45-35)41(30-14-8-5-9-15-30)34-21-23-36(46-34)43(32-18-12-7-13-19-32)38-25-27-40(44)48-38/h5-27,45,48H,3-4,28-29H2,1-2H3. The first-order valence-corrected chi connectivity index (χ1v) is 17.3. The number of nitrogens with zero attached hydrogens (tertiary/aromatic N) is 3. The first kappa shape index (κ1) is 30.4. The third-order valence-electron chi connectivity index (χ3n) is 9.22. The Kier molecular flexibility index (Phi) is 8.24. The van der Waals surface area contributed by atoms with Crippen molar-refractivity contribution in [2.45, 2.75) is 26.7 Å². The Labute approximate surface area is 287 Å². The van der Waals surface area contributed by atoms with Gasteiger partial charge < -0.3 is 14.9 Å². The normalized spacial score (nSPS) is 12.0. The van der Waals surface area contributed by atoms with Crippen LogP contribution in [0.5, 0.6) is 0 Å². The fourth-order valence-electron chi connectivity index (χ4n) is 7.12. The molecule has 2 aliphatic heterocycles. The summed E-state index contributed by atoms with van der Waals surface area (Å²) in [5.74, 6) is 0. The van der Waals surface area contributed by atoms with E-state index in [1.54, 1.807) is 0 Å². The quantitative estimate of drug-likeness (QED) is 0.174. The highest BCUT2D eigenvalue weighted by Gasteiger charge is 2.20. The summed E-state index contributed by atoms with van der Waals surface area (Å²) < 4.78 is 0. The molecule has 5 heterocycles. The first-order chi connectivity index (χ1) is 24.2. The van der Waals surface area contributed by atoms with E-state index in [9.17, 15) is 0 Å². The molecule has 5 nitrogen and oxygen atoms in total. The number of nitrogens with one attached hydrogen (secondary N) is 2. The lowest BCUT2D eigenvalue weighted by molar-refractivity contribution is 0.745. The van der Waals surface area contributed by atoms with E-state index in [0.29, 0.717) is 0 Å². The Morgan fingerprint density at radius 3 is 1.18 bits per heavy atom. The molecule has 0 spiro atoms. The number of rotatable bonds is 8. The van der Waals surface area contributed by atoms with Crippen molar-refractivity contribution < 1.29 is 0 Å². The molecule has 2 N–H and O–H groups in total. The Bertz CT molecular complexity index is 2300. The van der Waals surface area contributed by atoms with E-state index < -0.39 is 0 Å². The highest BCUT2D eigenvalue weighted by molar-refractivity contribution is 5.99. The van der Waals surface area contributed by atoms with Crippen LogP contribution in [0.3, 0.4) is 0 Å². The van der Waals surface area contributed by atoms with Crippen molar-refractivity contribution in [3.05, 3.63) is 138 Å². The smallest absolute Gasteiger partial charge is 0.0892 e. The zero-order valence-corrected chi connectivity index (χ0v) is 27.9. The van der Waals surface area contributed by atoms with Gasteiger partial charge in [-0.05, 0) is 78.1 Å². The molecule has 0 radical (unpaired) electrons. The van der Waals surface area contributed by atoms with Crippen LogP contribution >= 0.6 is 0 Å². The predicted molar refractivity (Wildman–Crippen MR) is 208 cm³/mol. The van der Waals surface area contributed by atoms with Crippen molar-refractivity contribution in [2.75, 3.05) is 18.0 Å². The van der Waals surface area contributed by atoms with Gasteiger partial charge in [0, 0.05) is 46.3 Å². The first-order valence-electron chi connectivity index (χ1n) is 17.3. The third kappa shape index (κ3) is 5.78. The van der Waals surface area contributed by atoms with Gasteiger partial charge in [-0.25, -0.2) is 9.97 Å². The molecule has 0 saturated heterocycles. The van der Waals surface area contributed by atoms with E-state index in [-0.39, 0.29) is 0 Å². The van der Waals surface area contributed by atoms with E-state index in [2.05, 4.69) is 168 Å². The summed E-state index contributed by atoms with van der Waals surface area (Å²) in [7, 11) is 0. The molecule has 8 bridgehead atoms. The largest absolute Gasteiger partial charge is 0.368 e. The molecule has 49 heavy (non-hydrogen) atoms. The number of H-pyrrole nitrogens is 2. The second-order valence-electron chi connectivity index (χ2n) is 12.6. The number of fused-ring (bicyclic) bond motifs is 8. The van der Waals surface area contributed by atoms with Crippen molar-refractivity contribution in [1.82, 2.24) is 19.9 Å². The number of hydrogen-bond acceptors (Lipinski definition) is 3. The monoisotopic (exact) mass is 637 g/mol. The Hall–Kier alpha value is -5.94. The third-order valence-corrected chi connectivity index (χ3v) is 9.22. The van der Waals surface area contributed by atoms with Gasteiger partial charge in [-0.2, -0.15) is 0 Å². The summed E-state index contributed by atoms with van der Waals surface area (Å²) in [6.45, 7) is 6.37. The van der Waals surface area contributed by atoms with E-state index in [1.807, 2.05) is 0 Å². The van der Waals surface area contributed by atoms with Gasteiger partial charge in [-0.15, -0.1) is 0 Å².